The van der Waals surface area contributed by atoms with Crippen LogP contribution >= 0.6 is 0 Å². The Morgan fingerprint density at radius 3 is 2.50 bits per heavy atom. The number of alkyl carbamates (subject to hydrolysis) is 1. The lowest BCUT2D eigenvalue weighted by atomic mass is 9.99. The Bertz CT molecular complexity index is 520. The number of nitrogens with zero attached hydrogens (tertiary/aromatic N) is 2. The van der Waals surface area contributed by atoms with Gasteiger partial charge in [0, 0.05) is 38.1 Å². The van der Waals surface area contributed by atoms with E-state index in [2.05, 4.69) is 10.3 Å². The number of aromatic nitrogens is 2. The van der Waals surface area contributed by atoms with Crippen LogP contribution in [0.3, 0.4) is 0 Å². The minimum atomic E-state index is -0.520. The van der Waals surface area contributed by atoms with Crippen LogP contribution in [0.5, 0.6) is 0 Å². The number of methoxy groups -OCH3 is 2. The Balaban J connectivity index is 2.71. The molecule has 1 heterocycles. The van der Waals surface area contributed by atoms with Crippen LogP contribution in [-0.2, 0) is 27.2 Å². The lowest BCUT2D eigenvalue weighted by Crippen LogP contribution is -2.47. The van der Waals surface area contributed by atoms with Gasteiger partial charge in [-0.25, -0.2) is 9.78 Å². The molecule has 0 aliphatic heterocycles. The second-order valence-electron chi connectivity index (χ2n) is 7.54. The van der Waals surface area contributed by atoms with Gasteiger partial charge < -0.3 is 24.1 Å². The summed E-state index contributed by atoms with van der Waals surface area (Å²) in [6.07, 6.45) is 3.71. The maximum Gasteiger partial charge on any atom is 0.408 e. The molecule has 24 heavy (non-hydrogen) atoms. The number of ether oxygens (including phenoxy) is 3. The third kappa shape index (κ3) is 7.31. The predicted molar refractivity (Wildman–Crippen MR) is 92.1 cm³/mol. The van der Waals surface area contributed by atoms with Gasteiger partial charge in [0.2, 0.25) is 0 Å². The number of imidazole rings is 1. The Hall–Kier alpha value is -1.60. The van der Waals surface area contributed by atoms with E-state index >= 15 is 0 Å². The first kappa shape index (κ1) is 20.4. The Kier molecular flexibility index (Phi) is 7.23. The number of carbonyl (C=O) groups is 1. The first-order valence-corrected chi connectivity index (χ1v) is 8.08. The number of hydrogen-bond donors (Lipinski definition) is 1. The summed E-state index contributed by atoms with van der Waals surface area (Å²) in [5.74, 6) is 0. The molecule has 1 rings (SSSR count). The van der Waals surface area contributed by atoms with Crippen molar-refractivity contribution in [3.63, 3.8) is 0 Å². The second kappa shape index (κ2) is 8.48. The maximum absolute atomic E-state index is 12.0. The molecule has 7 heteroatoms. The molecule has 1 aromatic heterocycles. The smallest absolute Gasteiger partial charge is 0.408 e. The van der Waals surface area contributed by atoms with Crippen molar-refractivity contribution in [2.45, 2.75) is 64.8 Å². The highest BCUT2D eigenvalue weighted by Gasteiger charge is 2.26. The molecule has 138 valence electrons. The fourth-order valence-corrected chi connectivity index (χ4v) is 2.34. The predicted octanol–water partition coefficient (Wildman–Crippen LogP) is 2.39. The highest BCUT2D eigenvalue weighted by Crippen LogP contribution is 2.15. The van der Waals surface area contributed by atoms with Crippen molar-refractivity contribution >= 4 is 6.09 Å². The fourth-order valence-electron chi connectivity index (χ4n) is 2.34. The fraction of sp³-hybridized carbons (Fsp3) is 0.765. The molecule has 1 amide bonds. The van der Waals surface area contributed by atoms with Gasteiger partial charge in [0.05, 0.1) is 25.6 Å². The average Bonchev–Trinajstić information content (AvgIpc) is 2.81. The quantitative estimate of drug-likeness (QED) is 0.786. The van der Waals surface area contributed by atoms with Crippen LogP contribution < -0.4 is 5.32 Å². The van der Waals surface area contributed by atoms with Gasteiger partial charge in [-0.05, 0) is 34.6 Å². The van der Waals surface area contributed by atoms with E-state index in [1.165, 1.54) is 0 Å². The van der Waals surface area contributed by atoms with Crippen LogP contribution in [0.4, 0.5) is 4.79 Å². The highest BCUT2D eigenvalue weighted by atomic mass is 16.6. The van der Waals surface area contributed by atoms with E-state index in [9.17, 15) is 4.79 Å². The minimum absolute atomic E-state index is 0.0510. The van der Waals surface area contributed by atoms with E-state index in [4.69, 9.17) is 14.2 Å². The number of hydrogen-bond acceptors (Lipinski definition) is 5. The summed E-state index contributed by atoms with van der Waals surface area (Å²) >= 11 is 0. The molecule has 0 bridgehead atoms. The Morgan fingerprint density at radius 2 is 1.96 bits per heavy atom. The van der Waals surface area contributed by atoms with Gasteiger partial charge in [-0.2, -0.15) is 0 Å². The average molecular weight is 341 g/mol. The standard InChI is InChI=1S/C17H31N3O4/c1-16(2,3)24-15(21)19-17(4,5)8-13-9-18-12-20(13)10-14(23-7)11-22-6/h9,12,14H,8,10-11H2,1-7H3,(H,19,21). The first-order valence-electron chi connectivity index (χ1n) is 8.08. The molecule has 0 aliphatic carbocycles. The van der Waals surface area contributed by atoms with Gasteiger partial charge in [0.1, 0.15) is 5.60 Å². The summed E-state index contributed by atoms with van der Waals surface area (Å²) in [6, 6.07) is 0. The van der Waals surface area contributed by atoms with Crippen molar-refractivity contribution in [1.29, 1.82) is 0 Å². The van der Waals surface area contributed by atoms with Crippen LogP contribution in [0.15, 0.2) is 12.5 Å². The van der Waals surface area contributed by atoms with E-state index in [-0.39, 0.29) is 6.10 Å². The van der Waals surface area contributed by atoms with Crippen molar-refractivity contribution in [2.75, 3.05) is 20.8 Å². The van der Waals surface area contributed by atoms with Crippen LogP contribution in [0.2, 0.25) is 0 Å². The summed E-state index contributed by atoms with van der Waals surface area (Å²) in [5, 5.41) is 2.91. The van der Waals surface area contributed by atoms with Gasteiger partial charge in [0.15, 0.2) is 0 Å². The molecule has 1 aromatic rings. The molecule has 0 saturated carbocycles. The van der Waals surface area contributed by atoms with Crippen LogP contribution in [0.25, 0.3) is 0 Å². The van der Waals surface area contributed by atoms with Crippen LogP contribution in [-0.4, -0.2) is 53.7 Å². The van der Waals surface area contributed by atoms with Crippen molar-refractivity contribution < 1.29 is 19.0 Å². The minimum Gasteiger partial charge on any atom is -0.444 e. The van der Waals surface area contributed by atoms with E-state index in [0.29, 0.717) is 19.6 Å². The van der Waals surface area contributed by atoms with Crippen molar-refractivity contribution in [1.82, 2.24) is 14.9 Å². The Labute approximate surface area is 144 Å². The zero-order valence-electron chi connectivity index (χ0n) is 15.9. The van der Waals surface area contributed by atoms with Crippen molar-refractivity contribution in [3.05, 3.63) is 18.2 Å². The van der Waals surface area contributed by atoms with Crippen molar-refractivity contribution in [2.24, 2.45) is 0 Å². The second-order valence-corrected chi connectivity index (χ2v) is 7.54. The molecule has 0 aromatic carbocycles. The summed E-state index contributed by atoms with van der Waals surface area (Å²) in [6.45, 7) is 10.6. The largest absolute Gasteiger partial charge is 0.444 e. The molecular weight excluding hydrogens is 310 g/mol. The van der Waals surface area contributed by atoms with Crippen LogP contribution in [0, 0.1) is 0 Å². The van der Waals surface area contributed by atoms with Crippen molar-refractivity contribution in [3.8, 4) is 0 Å². The SMILES string of the molecule is COCC(Cn1cncc1CC(C)(C)NC(=O)OC(C)(C)C)OC. The third-order valence-electron chi connectivity index (χ3n) is 3.35. The number of carbonyl (C=O) groups excluding carboxylic acids is 1. The number of rotatable bonds is 8. The highest BCUT2D eigenvalue weighted by molar-refractivity contribution is 5.68. The first-order chi connectivity index (χ1) is 11.1. The van der Waals surface area contributed by atoms with Crippen LogP contribution in [0.1, 0.15) is 40.3 Å². The molecule has 0 saturated heterocycles. The summed E-state index contributed by atoms with van der Waals surface area (Å²) in [5.41, 5.74) is 0.0202. The van der Waals surface area contributed by atoms with Gasteiger partial charge >= 0.3 is 6.09 Å². The molecule has 0 spiro atoms. The van der Waals surface area contributed by atoms with E-state index in [1.54, 1.807) is 26.7 Å². The summed E-state index contributed by atoms with van der Waals surface area (Å²) in [7, 11) is 3.31. The zero-order valence-corrected chi connectivity index (χ0v) is 15.9. The van der Waals surface area contributed by atoms with E-state index in [0.717, 1.165) is 5.69 Å². The lowest BCUT2D eigenvalue weighted by Gasteiger charge is -2.29. The molecule has 1 atom stereocenters. The molecule has 1 unspecified atom stereocenters. The monoisotopic (exact) mass is 341 g/mol. The third-order valence-corrected chi connectivity index (χ3v) is 3.35. The number of amides is 1. The molecule has 7 nitrogen and oxygen atoms in total. The normalized spacial score (nSPS) is 13.6. The molecule has 0 fully saturated rings. The molecule has 1 N–H and O–H groups in total. The maximum atomic E-state index is 12.0. The topological polar surface area (TPSA) is 74.6 Å². The molecular formula is C17H31N3O4. The number of nitrogens with one attached hydrogen (secondary N) is 1. The van der Waals surface area contributed by atoms with Gasteiger partial charge in [-0.3, -0.25) is 0 Å². The van der Waals surface area contributed by atoms with E-state index in [1.807, 2.05) is 39.2 Å². The molecule has 0 aliphatic rings. The van der Waals surface area contributed by atoms with Gasteiger partial charge in [-0.1, -0.05) is 0 Å². The zero-order chi connectivity index (χ0) is 18.4. The Morgan fingerprint density at radius 1 is 1.29 bits per heavy atom. The van der Waals surface area contributed by atoms with E-state index < -0.39 is 17.2 Å². The summed E-state index contributed by atoms with van der Waals surface area (Å²) < 4.78 is 17.9. The summed E-state index contributed by atoms with van der Waals surface area (Å²) in [4.78, 5) is 16.2. The lowest BCUT2D eigenvalue weighted by molar-refractivity contribution is 0.0177. The van der Waals surface area contributed by atoms with Gasteiger partial charge in [-0.15, -0.1) is 0 Å². The van der Waals surface area contributed by atoms with Gasteiger partial charge in [0.25, 0.3) is 0 Å². The molecule has 0 radical (unpaired) electrons.